The van der Waals surface area contributed by atoms with Crippen molar-refractivity contribution >= 4 is 0 Å². The summed E-state index contributed by atoms with van der Waals surface area (Å²) in [7, 11) is 3.68. The molecular weight excluding hydrogens is 300 g/mol. The van der Waals surface area contributed by atoms with Crippen molar-refractivity contribution in [3.63, 3.8) is 0 Å². The molecule has 0 bridgehead atoms. The van der Waals surface area contributed by atoms with E-state index in [1.165, 1.54) is 11.1 Å². The summed E-state index contributed by atoms with van der Waals surface area (Å²) in [6.45, 7) is 10.3. The van der Waals surface area contributed by atoms with Gasteiger partial charge in [-0.25, -0.2) is 0 Å². The standard InChI is InChI=1S/C19H30N4O/c1-6-23(7-2)14-17-12-16(8-9-19(17)24-5)13-20-15(3)18-10-11-22(4)21-18/h8-12,15,20H,6-7,13-14H2,1-5H3. The third-order valence-corrected chi connectivity index (χ3v) is 4.42. The van der Waals surface area contributed by atoms with Crippen molar-refractivity contribution in [2.75, 3.05) is 20.2 Å². The van der Waals surface area contributed by atoms with Gasteiger partial charge in [0.2, 0.25) is 0 Å². The van der Waals surface area contributed by atoms with Gasteiger partial charge in [-0.15, -0.1) is 0 Å². The molecule has 0 aliphatic carbocycles. The van der Waals surface area contributed by atoms with E-state index in [4.69, 9.17) is 4.74 Å². The molecular formula is C19H30N4O. The van der Waals surface area contributed by atoms with Gasteiger partial charge in [0.25, 0.3) is 0 Å². The average molecular weight is 330 g/mol. The van der Waals surface area contributed by atoms with Gasteiger partial charge in [-0.3, -0.25) is 9.58 Å². The molecule has 0 aliphatic rings. The van der Waals surface area contributed by atoms with Crippen LogP contribution in [0.5, 0.6) is 5.75 Å². The molecule has 1 aromatic heterocycles. The number of aromatic nitrogens is 2. The molecule has 0 fully saturated rings. The van der Waals surface area contributed by atoms with E-state index in [-0.39, 0.29) is 6.04 Å². The predicted octanol–water partition coefficient (Wildman–Crippen LogP) is 3.12. The van der Waals surface area contributed by atoms with Gasteiger partial charge in [0.15, 0.2) is 0 Å². The van der Waals surface area contributed by atoms with Crippen molar-refractivity contribution in [1.29, 1.82) is 0 Å². The Kier molecular flexibility index (Phi) is 6.82. The lowest BCUT2D eigenvalue weighted by atomic mass is 10.1. The van der Waals surface area contributed by atoms with Gasteiger partial charge in [0.1, 0.15) is 5.75 Å². The Morgan fingerprint density at radius 3 is 2.58 bits per heavy atom. The number of ether oxygens (including phenoxy) is 1. The quantitative estimate of drug-likeness (QED) is 0.767. The van der Waals surface area contributed by atoms with Crippen molar-refractivity contribution in [2.24, 2.45) is 7.05 Å². The molecule has 5 heteroatoms. The van der Waals surface area contributed by atoms with Crippen molar-refractivity contribution < 1.29 is 4.74 Å². The van der Waals surface area contributed by atoms with E-state index in [0.29, 0.717) is 0 Å². The zero-order valence-electron chi connectivity index (χ0n) is 15.5. The first-order chi connectivity index (χ1) is 11.6. The maximum Gasteiger partial charge on any atom is 0.123 e. The van der Waals surface area contributed by atoms with Crippen LogP contribution in [-0.4, -0.2) is 34.9 Å². The molecule has 5 nitrogen and oxygen atoms in total. The van der Waals surface area contributed by atoms with Gasteiger partial charge in [-0.2, -0.15) is 5.10 Å². The van der Waals surface area contributed by atoms with Crippen molar-refractivity contribution in [3.8, 4) is 5.75 Å². The minimum absolute atomic E-state index is 0.222. The van der Waals surface area contributed by atoms with Crippen LogP contribution in [0.25, 0.3) is 0 Å². The fourth-order valence-electron chi connectivity index (χ4n) is 2.79. The van der Waals surface area contributed by atoms with Crippen LogP contribution < -0.4 is 10.1 Å². The van der Waals surface area contributed by atoms with Gasteiger partial charge in [-0.05, 0) is 43.8 Å². The maximum atomic E-state index is 5.53. The number of benzene rings is 1. The summed E-state index contributed by atoms with van der Waals surface area (Å²) >= 11 is 0. The molecule has 1 aromatic carbocycles. The van der Waals surface area contributed by atoms with Gasteiger partial charge in [0, 0.05) is 37.9 Å². The van der Waals surface area contributed by atoms with Crippen LogP contribution in [0.2, 0.25) is 0 Å². The molecule has 1 unspecified atom stereocenters. The summed E-state index contributed by atoms with van der Waals surface area (Å²) in [6, 6.07) is 8.72. The molecule has 0 spiro atoms. The molecule has 2 rings (SSSR count). The molecule has 132 valence electrons. The lowest BCUT2D eigenvalue weighted by molar-refractivity contribution is 0.289. The van der Waals surface area contributed by atoms with E-state index in [1.54, 1.807) is 7.11 Å². The molecule has 0 saturated heterocycles. The topological polar surface area (TPSA) is 42.3 Å². The molecule has 2 aromatic rings. The highest BCUT2D eigenvalue weighted by Crippen LogP contribution is 2.22. The minimum atomic E-state index is 0.222. The van der Waals surface area contributed by atoms with Crippen molar-refractivity contribution in [3.05, 3.63) is 47.3 Å². The molecule has 1 N–H and O–H groups in total. The van der Waals surface area contributed by atoms with Crippen LogP contribution in [-0.2, 0) is 20.1 Å². The average Bonchev–Trinajstić information content (AvgIpc) is 3.04. The van der Waals surface area contributed by atoms with E-state index >= 15 is 0 Å². The minimum Gasteiger partial charge on any atom is -0.496 e. The third-order valence-electron chi connectivity index (χ3n) is 4.42. The van der Waals surface area contributed by atoms with Crippen molar-refractivity contribution in [2.45, 2.75) is 39.9 Å². The molecule has 24 heavy (non-hydrogen) atoms. The fourth-order valence-corrected chi connectivity index (χ4v) is 2.79. The summed E-state index contributed by atoms with van der Waals surface area (Å²) in [6.07, 6.45) is 1.98. The maximum absolute atomic E-state index is 5.53. The Balaban J connectivity index is 2.04. The number of nitrogens with one attached hydrogen (secondary N) is 1. The second kappa shape index (κ2) is 8.85. The lowest BCUT2D eigenvalue weighted by Crippen LogP contribution is -2.23. The number of nitrogens with zero attached hydrogens (tertiary/aromatic N) is 3. The monoisotopic (exact) mass is 330 g/mol. The highest BCUT2D eigenvalue weighted by molar-refractivity contribution is 5.37. The van der Waals surface area contributed by atoms with E-state index in [2.05, 4.69) is 60.4 Å². The largest absolute Gasteiger partial charge is 0.496 e. The van der Waals surface area contributed by atoms with Crippen LogP contribution in [0, 0.1) is 0 Å². The first-order valence-corrected chi connectivity index (χ1v) is 8.68. The third kappa shape index (κ3) is 4.82. The van der Waals surface area contributed by atoms with Crippen molar-refractivity contribution in [1.82, 2.24) is 20.0 Å². The fraction of sp³-hybridized carbons (Fsp3) is 0.526. The van der Waals surface area contributed by atoms with Gasteiger partial charge in [0.05, 0.1) is 12.8 Å². The Morgan fingerprint density at radius 1 is 1.25 bits per heavy atom. The molecule has 0 aliphatic heterocycles. The second-order valence-corrected chi connectivity index (χ2v) is 6.12. The summed E-state index contributed by atoms with van der Waals surface area (Å²) in [5.74, 6) is 0.962. The molecule has 0 radical (unpaired) electrons. The zero-order valence-corrected chi connectivity index (χ0v) is 15.5. The molecule has 0 saturated carbocycles. The normalized spacial score (nSPS) is 12.6. The molecule has 0 amide bonds. The van der Waals surface area contributed by atoms with Gasteiger partial charge >= 0.3 is 0 Å². The SMILES string of the molecule is CCN(CC)Cc1cc(CNC(C)c2ccn(C)n2)ccc1OC. The first kappa shape index (κ1) is 18.5. The number of methoxy groups -OCH3 is 1. The van der Waals surface area contributed by atoms with E-state index in [9.17, 15) is 0 Å². The van der Waals surface area contributed by atoms with E-state index in [1.807, 2.05) is 17.9 Å². The van der Waals surface area contributed by atoms with Crippen LogP contribution in [0.3, 0.4) is 0 Å². The van der Waals surface area contributed by atoms with E-state index in [0.717, 1.165) is 37.6 Å². The molecule has 1 atom stereocenters. The Hall–Kier alpha value is -1.85. The number of aryl methyl sites for hydroxylation is 1. The highest BCUT2D eigenvalue weighted by atomic mass is 16.5. The van der Waals surface area contributed by atoms with Gasteiger partial charge < -0.3 is 10.1 Å². The summed E-state index contributed by atoms with van der Waals surface area (Å²) < 4.78 is 7.36. The van der Waals surface area contributed by atoms with Crippen LogP contribution >= 0.6 is 0 Å². The zero-order chi connectivity index (χ0) is 17.5. The summed E-state index contributed by atoms with van der Waals surface area (Å²) in [5, 5.41) is 8.00. The summed E-state index contributed by atoms with van der Waals surface area (Å²) in [5.41, 5.74) is 3.57. The predicted molar refractivity (Wildman–Crippen MR) is 98.1 cm³/mol. The van der Waals surface area contributed by atoms with Crippen LogP contribution in [0.1, 0.15) is 43.6 Å². The Labute approximate surface area is 145 Å². The van der Waals surface area contributed by atoms with Crippen LogP contribution in [0.4, 0.5) is 0 Å². The first-order valence-electron chi connectivity index (χ1n) is 8.68. The highest BCUT2D eigenvalue weighted by Gasteiger charge is 2.11. The Morgan fingerprint density at radius 2 is 2.00 bits per heavy atom. The summed E-state index contributed by atoms with van der Waals surface area (Å²) in [4.78, 5) is 2.39. The smallest absolute Gasteiger partial charge is 0.123 e. The number of hydrogen-bond acceptors (Lipinski definition) is 4. The van der Waals surface area contributed by atoms with E-state index < -0.39 is 0 Å². The second-order valence-electron chi connectivity index (χ2n) is 6.12. The lowest BCUT2D eigenvalue weighted by Gasteiger charge is -2.20. The molecule has 1 heterocycles. The van der Waals surface area contributed by atoms with Gasteiger partial charge in [-0.1, -0.05) is 19.9 Å². The number of hydrogen-bond donors (Lipinski definition) is 1. The Bertz CT molecular complexity index is 634. The van der Waals surface area contributed by atoms with Crippen LogP contribution in [0.15, 0.2) is 30.5 Å². The number of rotatable bonds is 9.